The normalized spacial score (nSPS) is 62.3. The Morgan fingerprint density at radius 1 is 0.826 bits per heavy atom. The van der Waals surface area contributed by atoms with Gasteiger partial charge in [-0.15, -0.1) is 0 Å². The third-order valence-electron chi connectivity index (χ3n) is 9.57. The molecular weight excluding hydrogens is 284 g/mol. The zero-order chi connectivity index (χ0) is 16.6. The van der Waals surface area contributed by atoms with E-state index in [0.717, 1.165) is 37.0 Å². The van der Waals surface area contributed by atoms with Crippen molar-refractivity contribution in [2.45, 2.75) is 90.8 Å². The Hall–Kier alpha value is -0.0800. The summed E-state index contributed by atoms with van der Waals surface area (Å²) in [5.74, 6) is 3.77. The molecule has 0 amide bonds. The van der Waals surface area contributed by atoms with Crippen LogP contribution in [0.25, 0.3) is 0 Å². The molecule has 9 atom stereocenters. The van der Waals surface area contributed by atoms with Gasteiger partial charge in [0, 0.05) is 0 Å². The second kappa shape index (κ2) is 4.97. The first kappa shape index (κ1) is 16.4. The van der Waals surface area contributed by atoms with Gasteiger partial charge in [0.25, 0.3) is 0 Å². The van der Waals surface area contributed by atoms with E-state index in [2.05, 4.69) is 27.7 Å². The molecule has 0 saturated heterocycles. The lowest BCUT2D eigenvalue weighted by Gasteiger charge is -2.63. The Balaban J connectivity index is 1.68. The smallest absolute Gasteiger partial charge is 0.0675 e. The molecule has 0 heterocycles. The van der Waals surface area contributed by atoms with Crippen molar-refractivity contribution >= 4 is 0 Å². The third-order valence-corrected chi connectivity index (χ3v) is 9.57. The maximum Gasteiger partial charge on any atom is 0.0675 e. The minimum atomic E-state index is -0.466. The Morgan fingerprint density at radius 3 is 2.26 bits per heavy atom. The summed E-state index contributed by atoms with van der Waals surface area (Å²) in [5.41, 5.74) is 0.0923. The molecular formula is C21H36O2. The number of aliphatic hydroxyl groups is 2. The average molecular weight is 321 g/mol. The first-order valence-electron chi connectivity index (χ1n) is 10.1. The van der Waals surface area contributed by atoms with E-state index in [-0.39, 0.29) is 11.5 Å². The molecule has 0 bridgehead atoms. The molecule has 0 aliphatic heterocycles. The van der Waals surface area contributed by atoms with Gasteiger partial charge in [0.05, 0.1) is 11.7 Å². The van der Waals surface area contributed by atoms with E-state index in [4.69, 9.17) is 0 Å². The Bertz CT molecular complexity index is 486. The molecule has 0 aromatic rings. The van der Waals surface area contributed by atoms with Crippen molar-refractivity contribution in [1.82, 2.24) is 0 Å². The molecule has 4 fully saturated rings. The largest absolute Gasteiger partial charge is 0.393 e. The predicted molar refractivity (Wildman–Crippen MR) is 92.9 cm³/mol. The summed E-state index contributed by atoms with van der Waals surface area (Å²) in [4.78, 5) is 0. The molecule has 4 rings (SSSR count). The lowest BCUT2D eigenvalue weighted by atomic mass is 9.42. The highest BCUT2D eigenvalue weighted by Crippen LogP contribution is 2.68. The van der Waals surface area contributed by atoms with Crippen LogP contribution in [0.5, 0.6) is 0 Å². The van der Waals surface area contributed by atoms with Crippen LogP contribution < -0.4 is 0 Å². The van der Waals surface area contributed by atoms with Gasteiger partial charge in [-0.1, -0.05) is 20.8 Å². The van der Waals surface area contributed by atoms with Crippen LogP contribution in [-0.4, -0.2) is 21.9 Å². The fourth-order valence-electron chi connectivity index (χ4n) is 7.96. The first-order chi connectivity index (χ1) is 10.7. The summed E-state index contributed by atoms with van der Waals surface area (Å²) in [6, 6.07) is 0. The van der Waals surface area contributed by atoms with Crippen LogP contribution in [0.2, 0.25) is 0 Å². The highest BCUT2D eigenvalue weighted by Gasteiger charge is 2.64. The van der Waals surface area contributed by atoms with E-state index in [9.17, 15) is 10.2 Å². The SMILES string of the molecule is C[C@@H]1C[C@@H]2[C@H](CC[C@@]3(C)[C@H]2CC[C@@]3(C)O)[C@@]2(C)CC[C@@H](O)C[C@H]12. The minimum Gasteiger partial charge on any atom is -0.393 e. The van der Waals surface area contributed by atoms with E-state index in [1.165, 1.54) is 32.1 Å². The fraction of sp³-hybridized carbons (Fsp3) is 1.00. The number of fused-ring (bicyclic) bond motifs is 5. The summed E-state index contributed by atoms with van der Waals surface area (Å²) < 4.78 is 0. The van der Waals surface area contributed by atoms with Gasteiger partial charge in [-0.2, -0.15) is 0 Å². The van der Waals surface area contributed by atoms with Crippen LogP contribution >= 0.6 is 0 Å². The Kier molecular flexibility index (Phi) is 3.54. The molecule has 23 heavy (non-hydrogen) atoms. The number of rotatable bonds is 0. The van der Waals surface area contributed by atoms with Crippen LogP contribution in [0, 0.1) is 40.4 Å². The molecule has 0 radical (unpaired) electrons. The summed E-state index contributed by atoms with van der Waals surface area (Å²) in [6.45, 7) is 9.47. The number of hydrogen-bond donors (Lipinski definition) is 2. The zero-order valence-electron chi connectivity index (χ0n) is 15.5. The maximum absolute atomic E-state index is 11.0. The standard InChI is InChI=1S/C21H36O2/c1-13-11-15-16(19(2)8-5-14(22)12-18(13)19)6-9-20(3)17(15)7-10-21(20,4)23/h13-18,22-23H,5-12H2,1-4H3/t13-,14-,15-,16+,17+,18-,19-,20+,21-/m1/s1. The first-order valence-corrected chi connectivity index (χ1v) is 10.1. The summed E-state index contributed by atoms with van der Waals surface area (Å²) in [5, 5.41) is 21.2. The van der Waals surface area contributed by atoms with E-state index >= 15 is 0 Å². The highest BCUT2D eigenvalue weighted by molar-refractivity contribution is 5.13. The van der Waals surface area contributed by atoms with Gasteiger partial charge in [-0.05, 0) is 98.7 Å². The Labute approximate surface area is 142 Å². The van der Waals surface area contributed by atoms with Crippen LogP contribution in [-0.2, 0) is 0 Å². The van der Waals surface area contributed by atoms with Crippen LogP contribution in [0.15, 0.2) is 0 Å². The van der Waals surface area contributed by atoms with E-state index in [0.29, 0.717) is 17.3 Å². The highest BCUT2D eigenvalue weighted by atomic mass is 16.3. The van der Waals surface area contributed by atoms with Gasteiger partial charge in [-0.25, -0.2) is 0 Å². The van der Waals surface area contributed by atoms with Crippen molar-refractivity contribution in [1.29, 1.82) is 0 Å². The topological polar surface area (TPSA) is 40.5 Å². The molecule has 2 heteroatoms. The van der Waals surface area contributed by atoms with Crippen molar-refractivity contribution < 1.29 is 10.2 Å². The van der Waals surface area contributed by atoms with Crippen LogP contribution in [0.4, 0.5) is 0 Å². The number of hydrogen-bond acceptors (Lipinski definition) is 2. The fourth-order valence-corrected chi connectivity index (χ4v) is 7.96. The summed E-state index contributed by atoms with van der Waals surface area (Å²) in [6.07, 6.45) is 9.22. The van der Waals surface area contributed by atoms with Gasteiger partial charge in [0.15, 0.2) is 0 Å². The molecule has 4 aliphatic carbocycles. The monoisotopic (exact) mass is 320 g/mol. The van der Waals surface area contributed by atoms with Crippen molar-refractivity contribution in [3.05, 3.63) is 0 Å². The molecule has 0 aromatic heterocycles. The predicted octanol–water partition coefficient (Wildman–Crippen LogP) is 4.39. The second-order valence-electron chi connectivity index (χ2n) is 10.4. The molecule has 4 aliphatic rings. The lowest BCUT2D eigenvalue weighted by molar-refractivity contribution is -0.167. The van der Waals surface area contributed by atoms with Gasteiger partial charge in [0.2, 0.25) is 0 Å². The molecule has 2 N–H and O–H groups in total. The van der Waals surface area contributed by atoms with Crippen LogP contribution in [0.1, 0.15) is 79.1 Å². The second-order valence-corrected chi connectivity index (χ2v) is 10.4. The maximum atomic E-state index is 11.0. The zero-order valence-corrected chi connectivity index (χ0v) is 15.5. The molecule has 0 unspecified atom stereocenters. The van der Waals surface area contributed by atoms with E-state index in [1.54, 1.807) is 0 Å². The van der Waals surface area contributed by atoms with Crippen molar-refractivity contribution in [2.24, 2.45) is 40.4 Å². The summed E-state index contributed by atoms with van der Waals surface area (Å²) >= 11 is 0. The van der Waals surface area contributed by atoms with Crippen molar-refractivity contribution in [3.8, 4) is 0 Å². The molecule has 2 nitrogen and oxygen atoms in total. The van der Waals surface area contributed by atoms with Gasteiger partial charge >= 0.3 is 0 Å². The molecule has 0 aromatic carbocycles. The van der Waals surface area contributed by atoms with Crippen molar-refractivity contribution in [3.63, 3.8) is 0 Å². The molecule has 4 saturated carbocycles. The van der Waals surface area contributed by atoms with Crippen molar-refractivity contribution in [2.75, 3.05) is 0 Å². The van der Waals surface area contributed by atoms with Gasteiger partial charge in [0.1, 0.15) is 0 Å². The average Bonchev–Trinajstić information content (AvgIpc) is 2.72. The number of aliphatic hydroxyl groups excluding tert-OH is 1. The van der Waals surface area contributed by atoms with Gasteiger partial charge in [-0.3, -0.25) is 0 Å². The Morgan fingerprint density at radius 2 is 1.52 bits per heavy atom. The van der Waals surface area contributed by atoms with Gasteiger partial charge < -0.3 is 10.2 Å². The lowest BCUT2D eigenvalue weighted by Crippen LogP contribution is -2.58. The van der Waals surface area contributed by atoms with E-state index in [1.807, 2.05) is 0 Å². The van der Waals surface area contributed by atoms with Crippen LogP contribution in [0.3, 0.4) is 0 Å². The molecule has 0 spiro atoms. The summed E-state index contributed by atoms with van der Waals surface area (Å²) in [7, 11) is 0. The third kappa shape index (κ3) is 2.06. The van der Waals surface area contributed by atoms with E-state index < -0.39 is 5.60 Å². The minimum absolute atomic E-state index is 0.0619. The molecule has 132 valence electrons. The quantitative estimate of drug-likeness (QED) is 0.695.